The average molecular weight is 251 g/mol. The zero-order valence-electron chi connectivity index (χ0n) is 10.8. The van der Waals surface area contributed by atoms with Gasteiger partial charge in [-0.1, -0.05) is 6.92 Å². The Hall–Kier alpha value is -1.56. The van der Waals surface area contributed by atoms with Crippen molar-refractivity contribution in [2.75, 3.05) is 37.2 Å². The molecule has 1 aliphatic heterocycles. The van der Waals surface area contributed by atoms with Crippen molar-refractivity contribution < 1.29 is 0 Å². The highest BCUT2D eigenvalue weighted by atomic mass is 16.1. The van der Waals surface area contributed by atoms with Crippen LogP contribution in [0.1, 0.15) is 19.8 Å². The summed E-state index contributed by atoms with van der Waals surface area (Å²) in [5.41, 5.74) is 5.52. The number of likely N-dealkylation sites (tertiary alicyclic amines) is 1. The van der Waals surface area contributed by atoms with Gasteiger partial charge in [-0.3, -0.25) is 4.79 Å². The van der Waals surface area contributed by atoms with Crippen LogP contribution < -0.4 is 16.6 Å². The minimum atomic E-state index is -0.292. The molecule has 0 saturated carbocycles. The highest BCUT2D eigenvalue weighted by Gasteiger charge is 2.15. The molecule has 0 aliphatic carbocycles. The number of rotatable bonds is 5. The minimum Gasteiger partial charge on any atom is -0.391 e. The molecule has 18 heavy (non-hydrogen) atoms. The van der Waals surface area contributed by atoms with Crippen LogP contribution in [-0.2, 0) is 0 Å². The fourth-order valence-corrected chi connectivity index (χ4v) is 2.29. The number of nitrogens with one attached hydrogen (secondary N) is 2. The standard InChI is InChI=1S/C12H21N5O/c1-9(7-17-4-2-3-5-17)6-14-11-10(13)12(18)16-8-15-11/h8-9H,2-7,13H2,1H3,(H2,14,15,16,18). The fourth-order valence-electron chi connectivity index (χ4n) is 2.29. The fraction of sp³-hybridized carbons (Fsp3) is 0.667. The number of nitrogens with zero attached hydrogens (tertiary/aromatic N) is 2. The van der Waals surface area contributed by atoms with Crippen LogP contribution in [0.4, 0.5) is 11.5 Å². The highest BCUT2D eigenvalue weighted by molar-refractivity contribution is 5.58. The number of aromatic amines is 1. The van der Waals surface area contributed by atoms with Gasteiger partial charge in [0.15, 0.2) is 5.82 Å². The lowest BCUT2D eigenvalue weighted by atomic mass is 10.1. The smallest absolute Gasteiger partial charge is 0.276 e. The van der Waals surface area contributed by atoms with E-state index < -0.39 is 0 Å². The third kappa shape index (κ3) is 3.22. The molecule has 1 aromatic heterocycles. The molecule has 1 aromatic rings. The molecule has 0 bridgehead atoms. The lowest BCUT2D eigenvalue weighted by Crippen LogP contribution is -2.29. The number of aromatic nitrogens is 2. The van der Waals surface area contributed by atoms with Crippen LogP contribution in [0.25, 0.3) is 0 Å². The van der Waals surface area contributed by atoms with Gasteiger partial charge in [0.1, 0.15) is 5.69 Å². The van der Waals surface area contributed by atoms with Gasteiger partial charge in [0.05, 0.1) is 6.33 Å². The predicted molar refractivity (Wildman–Crippen MR) is 72.6 cm³/mol. The number of H-pyrrole nitrogens is 1. The first kappa shape index (κ1) is 12.9. The number of nitrogen functional groups attached to an aromatic ring is 1. The summed E-state index contributed by atoms with van der Waals surface area (Å²) in [6.07, 6.45) is 3.98. The zero-order valence-corrected chi connectivity index (χ0v) is 10.8. The SMILES string of the molecule is CC(CNc1nc[nH]c(=O)c1N)CN1CCCC1. The Balaban J connectivity index is 1.83. The summed E-state index contributed by atoms with van der Waals surface area (Å²) in [6, 6.07) is 0. The largest absolute Gasteiger partial charge is 0.391 e. The Morgan fingerprint density at radius 2 is 2.28 bits per heavy atom. The Kier molecular flexibility index (Phi) is 4.19. The Bertz CT molecular complexity index is 438. The monoisotopic (exact) mass is 251 g/mol. The van der Waals surface area contributed by atoms with E-state index in [1.54, 1.807) is 0 Å². The molecular formula is C12H21N5O. The van der Waals surface area contributed by atoms with Gasteiger partial charge < -0.3 is 20.9 Å². The van der Waals surface area contributed by atoms with E-state index in [1.165, 1.54) is 32.3 Å². The molecule has 0 radical (unpaired) electrons. The summed E-state index contributed by atoms with van der Waals surface area (Å²) >= 11 is 0. The molecule has 0 aromatic carbocycles. The maximum absolute atomic E-state index is 11.3. The van der Waals surface area contributed by atoms with E-state index in [-0.39, 0.29) is 11.2 Å². The van der Waals surface area contributed by atoms with Crippen molar-refractivity contribution in [2.24, 2.45) is 5.92 Å². The molecular weight excluding hydrogens is 230 g/mol. The van der Waals surface area contributed by atoms with E-state index in [0.29, 0.717) is 11.7 Å². The Labute approximate surface area is 107 Å². The van der Waals surface area contributed by atoms with Gasteiger partial charge in [-0.25, -0.2) is 4.98 Å². The maximum atomic E-state index is 11.3. The number of hydrogen-bond donors (Lipinski definition) is 3. The van der Waals surface area contributed by atoms with Gasteiger partial charge in [-0.2, -0.15) is 0 Å². The van der Waals surface area contributed by atoms with Crippen LogP contribution in [-0.4, -0.2) is 41.0 Å². The molecule has 6 heteroatoms. The van der Waals surface area contributed by atoms with E-state index in [1.807, 2.05) is 0 Å². The summed E-state index contributed by atoms with van der Waals surface area (Å²) in [6.45, 7) is 6.45. The quantitative estimate of drug-likeness (QED) is 0.709. The van der Waals surface area contributed by atoms with Crippen LogP contribution in [0.15, 0.2) is 11.1 Å². The average Bonchev–Trinajstić information content (AvgIpc) is 2.84. The molecule has 2 rings (SSSR count). The first-order valence-corrected chi connectivity index (χ1v) is 6.46. The molecule has 1 saturated heterocycles. The van der Waals surface area contributed by atoms with E-state index in [2.05, 4.69) is 27.1 Å². The van der Waals surface area contributed by atoms with Crippen molar-refractivity contribution in [1.29, 1.82) is 0 Å². The molecule has 6 nitrogen and oxygen atoms in total. The lowest BCUT2D eigenvalue weighted by Gasteiger charge is -2.20. The van der Waals surface area contributed by atoms with Crippen molar-refractivity contribution >= 4 is 11.5 Å². The zero-order chi connectivity index (χ0) is 13.0. The number of anilines is 2. The highest BCUT2D eigenvalue weighted by Crippen LogP contribution is 2.12. The van der Waals surface area contributed by atoms with Crippen LogP contribution in [0.3, 0.4) is 0 Å². The van der Waals surface area contributed by atoms with E-state index >= 15 is 0 Å². The summed E-state index contributed by atoms with van der Waals surface area (Å²) in [5, 5.41) is 3.14. The van der Waals surface area contributed by atoms with E-state index in [0.717, 1.165) is 13.1 Å². The van der Waals surface area contributed by atoms with Crippen molar-refractivity contribution in [3.05, 3.63) is 16.7 Å². The molecule has 100 valence electrons. The third-order valence-corrected chi connectivity index (χ3v) is 3.28. The Morgan fingerprint density at radius 3 is 3.00 bits per heavy atom. The lowest BCUT2D eigenvalue weighted by molar-refractivity contribution is 0.294. The molecule has 0 amide bonds. The first-order chi connectivity index (χ1) is 8.66. The van der Waals surface area contributed by atoms with Gasteiger partial charge in [0.2, 0.25) is 0 Å². The molecule has 4 N–H and O–H groups in total. The molecule has 1 fully saturated rings. The normalized spacial score (nSPS) is 17.8. The summed E-state index contributed by atoms with van der Waals surface area (Å²) in [7, 11) is 0. The summed E-state index contributed by atoms with van der Waals surface area (Å²) in [5.74, 6) is 0.982. The third-order valence-electron chi connectivity index (χ3n) is 3.28. The number of hydrogen-bond acceptors (Lipinski definition) is 5. The van der Waals surface area contributed by atoms with Gasteiger partial charge in [-0.15, -0.1) is 0 Å². The molecule has 1 aliphatic rings. The van der Waals surface area contributed by atoms with Crippen molar-refractivity contribution in [1.82, 2.24) is 14.9 Å². The topological polar surface area (TPSA) is 87.0 Å². The van der Waals surface area contributed by atoms with Crippen LogP contribution in [0.2, 0.25) is 0 Å². The van der Waals surface area contributed by atoms with E-state index in [4.69, 9.17) is 5.73 Å². The molecule has 0 spiro atoms. The maximum Gasteiger partial charge on any atom is 0.276 e. The first-order valence-electron chi connectivity index (χ1n) is 6.46. The van der Waals surface area contributed by atoms with Gasteiger partial charge in [0, 0.05) is 13.1 Å². The van der Waals surface area contributed by atoms with Gasteiger partial charge >= 0.3 is 0 Å². The van der Waals surface area contributed by atoms with Crippen LogP contribution in [0.5, 0.6) is 0 Å². The molecule has 1 unspecified atom stereocenters. The van der Waals surface area contributed by atoms with Crippen LogP contribution in [0, 0.1) is 5.92 Å². The van der Waals surface area contributed by atoms with Crippen molar-refractivity contribution in [3.63, 3.8) is 0 Å². The summed E-state index contributed by atoms with van der Waals surface area (Å²) in [4.78, 5) is 20.3. The van der Waals surface area contributed by atoms with Crippen molar-refractivity contribution in [3.8, 4) is 0 Å². The molecule has 2 heterocycles. The summed E-state index contributed by atoms with van der Waals surface area (Å²) < 4.78 is 0. The second kappa shape index (κ2) is 5.86. The predicted octanol–water partition coefficient (Wildman–Crippen LogP) is 0.496. The second-order valence-electron chi connectivity index (χ2n) is 4.99. The second-order valence-corrected chi connectivity index (χ2v) is 4.99. The van der Waals surface area contributed by atoms with Gasteiger partial charge in [0.25, 0.3) is 5.56 Å². The number of nitrogens with two attached hydrogens (primary N) is 1. The minimum absolute atomic E-state index is 0.158. The molecule has 1 atom stereocenters. The Morgan fingerprint density at radius 1 is 1.56 bits per heavy atom. The van der Waals surface area contributed by atoms with Crippen LogP contribution >= 0.6 is 0 Å². The van der Waals surface area contributed by atoms with Crippen molar-refractivity contribution in [2.45, 2.75) is 19.8 Å². The van der Waals surface area contributed by atoms with E-state index in [9.17, 15) is 4.79 Å². The van der Waals surface area contributed by atoms with Gasteiger partial charge in [-0.05, 0) is 31.8 Å².